The number of ether oxygens (including phenoxy) is 2. The second-order valence-corrected chi connectivity index (χ2v) is 5.79. The van der Waals surface area contributed by atoms with Gasteiger partial charge in [0, 0.05) is 32.3 Å². The van der Waals surface area contributed by atoms with Crippen LogP contribution in [0.2, 0.25) is 0 Å². The zero-order chi connectivity index (χ0) is 16.5. The van der Waals surface area contributed by atoms with Crippen LogP contribution in [0.15, 0.2) is 24.3 Å². The predicted octanol–water partition coefficient (Wildman–Crippen LogP) is 2.16. The van der Waals surface area contributed by atoms with Crippen molar-refractivity contribution in [3.8, 4) is 5.75 Å². The largest absolute Gasteiger partial charge is 0.491 e. The number of amides is 1. The summed E-state index contributed by atoms with van der Waals surface area (Å²) in [5.74, 6) is 1.07. The molecular weight excluding hydrogens is 280 g/mol. The van der Waals surface area contributed by atoms with Crippen LogP contribution >= 0.6 is 0 Å². The number of nitrogens with zero attached hydrogens (tertiary/aromatic N) is 1. The Bertz CT molecular complexity index is 463. The Morgan fingerprint density at radius 1 is 1.32 bits per heavy atom. The highest BCUT2D eigenvalue weighted by Gasteiger charge is 2.15. The van der Waals surface area contributed by atoms with E-state index in [2.05, 4.69) is 13.8 Å². The fourth-order valence-electron chi connectivity index (χ4n) is 1.96. The molecule has 0 bridgehead atoms. The maximum atomic E-state index is 12.4. The van der Waals surface area contributed by atoms with Gasteiger partial charge >= 0.3 is 0 Å². The summed E-state index contributed by atoms with van der Waals surface area (Å²) in [6, 6.07) is 7.32. The van der Waals surface area contributed by atoms with E-state index in [0.717, 1.165) is 6.42 Å². The molecule has 0 saturated carbocycles. The summed E-state index contributed by atoms with van der Waals surface area (Å²) in [5.41, 5.74) is 6.65. The number of methoxy groups -OCH3 is 1. The molecule has 2 N–H and O–H groups in total. The van der Waals surface area contributed by atoms with Gasteiger partial charge in [-0.3, -0.25) is 4.79 Å². The summed E-state index contributed by atoms with van der Waals surface area (Å²) in [7, 11) is 3.42. The molecule has 0 aliphatic heterocycles. The van der Waals surface area contributed by atoms with Crippen LogP contribution in [-0.4, -0.2) is 50.8 Å². The molecule has 1 aromatic carbocycles. The summed E-state index contributed by atoms with van der Waals surface area (Å²) in [6.45, 7) is 5.81. The molecular formula is C17H28N2O3. The Morgan fingerprint density at radius 2 is 2.05 bits per heavy atom. The Balaban J connectivity index is 2.58. The van der Waals surface area contributed by atoms with Gasteiger partial charge in [0.15, 0.2) is 0 Å². The van der Waals surface area contributed by atoms with Gasteiger partial charge in [-0.2, -0.15) is 0 Å². The second-order valence-electron chi connectivity index (χ2n) is 5.79. The Hall–Kier alpha value is -1.59. The number of benzene rings is 1. The lowest BCUT2D eigenvalue weighted by molar-refractivity contribution is 0.0788. The Kier molecular flexibility index (Phi) is 7.91. The van der Waals surface area contributed by atoms with Crippen molar-refractivity contribution < 1.29 is 14.3 Å². The maximum Gasteiger partial charge on any atom is 0.253 e. The van der Waals surface area contributed by atoms with Crippen molar-refractivity contribution >= 4 is 5.91 Å². The Labute approximate surface area is 133 Å². The lowest BCUT2D eigenvalue weighted by atomic mass is 10.0. The molecule has 1 amide bonds. The molecule has 5 heteroatoms. The molecule has 1 aromatic rings. The molecule has 1 rings (SSSR count). The van der Waals surface area contributed by atoms with Crippen molar-refractivity contribution in [1.82, 2.24) is 4.90 Å². The van der Waals surface area contributed by atoms with Crippen molar-refractivity contribution in [2.24, 2.45) is 11.7 Å². The van der Waals surface area contributed by atoms with Crippen LogP contribution in [0.5, 0.6) is 5.75 Å². The molecule has 0 heterocycles. The molecule has 0 radical (unpaired) electrons. The standard InChI is InChI=1S/C17H28N2O3/c1-13(2)16(18)8-9-19(3)17(20)14-6-5-7-15(12-14)22-11-10-21-4/h5-7,12-13,16H,8-11,18H2,1-4H3. The molecule has 0 aliphatic carbocycles. The van der Waals surface area contributed by atoms with E-state index in [-0.39, 0.29) is 11.9 Å². The molecule has 0 aliphatic rings. The topological polar surface area (TPSA) is 64.8 Å². The minimum atomic E-state index is -0.0202. The minimum Gasteiger partial charge on any atom is -0.491 e. The van der Waals surface area contributed by atoms with Crippen LogP contribution in [0.25, 0.3) is 0 Å². The zero-order valence-electron chi connectivity index (χ0n) is 14.0. The summed E-state index contributed by atoms with van der Waals surface area (Å²) in [4.78, 5) is 14.1. The van der Waals surface area contributed by atoms with E-state index in [9.17, 15) is 4.79 Å². The highest BCUT2D eigenvalue weighted by molar-refractivity contribution is 5.94. The smallest absolute Gasteiger partial charge is 0.253 e. The van der Waals surface area contributed by atoms with Gasteiger partial charge in [0.1, 0.15) is 12.4 Å². The number of hydrogen-bond acceptors (Lipinski definition) is 4. The van der Waals surface area contributed by atoms with Crippen LogP contribution in [0, 0.1) is 5.92 Å². The van der Waals surface area contributed by atoms with Crippen molar-refractivity contribution in [2.45, 2.75) is 26.3 Å². The van der Waals surface area contributed by atoms with E-state index in [1.807, 2.05) is 12.1 Å². The summed E-state index contributed by atoms with van der Waals surface area (Å²) < 4.78 is 10.5. The van der Waals surface area contributed by atoms with E-state index >= 15 is 0 Å². The first-order valence-electron chi connectivity index (χ1n) is 7.68. The van der Waals surface area contributed by atoms with E-state index in [1.165, 1.54) is 0 Å². The Morgan fingerprint density at radius 3 is 2.68 bits per heavy atom. The average Bonchev–Trinajstić information content (AvgIpc) is 2.52. The lowest BCUT2D eigenvalue weighted by Crippen LogP contribution is -2.34. The van der Waals surface area contributed by atoms with Crippen molar-refractivity contribution in [1.29, 1.82) is 0 Å². The summed E-state index contributed by atoms with van der Waals surface area (Å²) >= 11 is 0. The number of nitrogens with two attached hydrogens (primary N) is 1. The minimum absolute atomic E-state index is 0.0202. The van der Waals surface area contributed by atoms with Crippen LogP contribution in [0.4, 0.5) is 0 Å². The number of carbonyl (C=O) groups is 1. The summed E-state index contributed by atoms with van der Waals surface area (Å²) in [5, 5.41) is 0. The third kappa shape index (κ3) is 6.03. The van der Waals surface area contributed by atoms with Crippen LogP contribution in [0.1, 0.15) is 30.6 Å². The van der Waals surface area contributed by atoms with Gasteiger partial charge in [-0.1, -0.05) is 19.9 Å². The third-order valence-corrected chi connectivity index (χ3v) is 3.64. The quantitative estimate of drug-likeness (QED) is 0.710. The normalized spacial score (nSPS) is 12.3. The average molecular weight is 308 g/mol. The SMILES string of the molecule is COCCOc1cccc(C(=O)N(C)CCC(N)C(C)C)c1. The molecule has 0 fully saturated rings. The first-order chi connectivity index (χ1) is 10.5. The molecule has 0 saturated heterocycles. The lowest BCUT2D eigenvalue weighted by Gasteiger charge is -2.21. The molecule has 0 aromatic heterocycles. The van der Waals surface area contributed by atoms with Gasteiger partial charge in [-0.25, -0.2) is 0 Å². The predicted molar refractivity (Wildman–Crippen MR) is 88.2 cm³/mol. The maximum absolute atomic E-state index is 12.4. The van der Waals surface area contributed by atoms with Gasteiger partial charge in [-0.15, -0.1) is 0 Å². The van der Waals surface area contributed by atoms with Gasteiger partial charge in [0.25, 0.3) is 5.91 Å². The fraction of sp³-hybridized carbons (Fsp3) is 0.588. The molecule has 0 spiro atoms. The second kappa shape index (κ2) is 9.43. The van der Waals surface area contributed by atoms with Gasteiger partial charge in [0.05, 0.1) is 6.61 Å². The zero-order valence-corrected chi connectivity index (χ0v) is 14.0. The van der Waals surface area contributed by atoms with Gasteiger partial charge in [0.2, 0.25) is 0 Å². The van der Waals surface area contributed by atoms with E-state index in [1.54, 1.807) is 31.2 Å². The number of rotatable bonds is 9. The van der Waals surface area contributed by atoms with Gasteiger partial charge in [-0.05, 0) is 30.5 Å². The molecule has 1 unspecified atom stereocenters. The van der Waals surface area contributed by atoms with Crippen molar-refractivity contribution in [3.05, 3.63) is 29.8 Å². The third-order valence-electron chi connectivity index (χ3n) is 3.64. The van der Waals surface area contributed by atoms with E-state index in [4.69, 9.17) is 15.2 Å². The monoisotopic (exact) mass is 308 g/mol. The molecule has 1 atom stereocenters. The molecule has 5 nitrogen and oxygen atoms in total. The fourth-order valence-corrected chi connectivity index (χ4v) is 1.96. The van der Waals surface area contributed by atoms with Gasteiger partial charge < -0.3 is 20.1 Å². The van der Waals surface area contributed by atoms with Crippen molar-refractivity contribution in [2.75, 3.05) is 33.9 Å². The first kappa shape index (κ1) is 18.5. The van der Waals surface area contributed by atoms with Crippen LogP contribution in [-0.2, 0) is 4.74 Å². The number of carbonyl (C=O) groups excluding carboxylic acids is 1. The highest BCUT2D eigenvalue weighted by Crippen LogP contribution is 2.15. The van der Waals surface area contributed by atoms with E-state index in [0.29, 0.717) is 37.0 Å². The molecule has 22 heavy (non-hydrogen) atoms. The number of hydrogen-bond donors (Lipinski definition) is 1. The van der Waals surface area contributed by atoms with E-state index < -0.39 is 0 Å². The van der Waals surface area contributed by atoms with Crippen LogP contribution < -0.4 is 10.5 Å². The highest BCUT2D eigenvalue weighted by atomic mass is 16.5. The summed E-state index contributed by atoms with van der Waals surface area (Å²) in [6.07, 6.45) is 0.796. The van der Waals surface area contributed by atoms with Crippen LogP contribution in [0.3, 0.4) is 0 Å². The first-order valence-corrected chi connectivity index (χ1v) is 7.68. The molecule has 124 valence electrons. The van der Waals surface area contributed by atoms with Crippen molar-refractivity contribution in [3.63, 3.8) is 0 Å².